The highest BCUT2D eigenvalue weighted by atomic mass is 19.1. The molecule has 0 bridgehead atoms. The number of nitrogens with zero attached hydrogens (tertiary/aromatic N) is 4. The fourth-order valence-corrected chi connectivity index (χ4v) is 1.16. The molecule has 0 unspecified atom stereocenters. The lowest BCUT2D eigenvalue weighted by atomic mass is 10.1. The predicted molar refractivity (Wildman–Crippen MR) is 60.1 cm³/mol. The molecular weight excluding hydrogens is 241 g/mol. The first-order valence-corrected chi connectivity index (χ1v) is 4.58. The number of hydrogen-bond acceptors (Lipinski definition) is 6. The molecule has 0 saturated carbocycles. The van der Waals surface area contributed by atoms with Gasteiger partial charge >= 0.3 is 0 Å². The molecule has 0 aliphatic heterocycles. The standard InChI is InChI=1S/C10H6FN5O2/c1-6-9(15-14-8(4-12)5-13)2-7(11)3-10(6)16(17)18/h2-3,15H,1H3. The van der Waals surface area contributed by atoms with Crippen molar-refractivity contribution >= 4 is 17.1 Å². The maximum absolute atomic E-state index is 13.1. The Morgan fingerprint density at radius 2 is 2.11 bits per heavy atom. The van der Waals surface area contributed by atoms with Crippen LogP contribution < -0.4 is 5.43 Å². The van der Waals surface area contributed by atoms with Gasteiger partial charge in [-0.05, 0) is 13.0 Å². The van der Waals surface area contributed by atoms with Gasteiger partial charge in [0, 0.05) is 0 Å². The number of halogens is 1. The third kappa shape index (κ3) is 2.77. The Hall–Kier alpha value is -3.00. The monoisotopic (exact) mass is 247 g/mol. The van der Waals surface area contributed by atoms with Gasteiger partial charge in [-0.15, -0.1) is 0 Å². The minimum Gasteiger partial charge on any atom is -0.276 e. The van der Waals surface area contributed by atoms with Crippen molar-refractivity contribution in [2.24, 2.45) is 5.10 Å². The second kappa shape index (κ2) is 5.37. The average Bonchev–Trinajstić information content (AvgIpc) is 2.33. The SMILES string of the molecule is Cc1c(NN=C(C#N)C#N)cc(F)cc1[N+](=O)[O-]. The Kier molecular flexibility index (Phi) is 3.89. The maximum atomic E-state index is 13.1. The molecule has 0 aromatic heterocycles. The lowest BCUT2D eigenvalue weighted by molar-refractivity contribution is -0.385. The van der Waals surface area contributed by atoms with Crippen molar-refractivity contribution in [3.05, 3.63) is 33.6 Å². The normalized spacial score (nSPS) is 8.89. The van der Waals surface area contributed by atoms with Gasteiger partial charge < -0.3 is 0 Å². The summed E-state index contributed by atoms with van der Waals surface area (Å²) in [4.78, 5) is 9.91. The van der Waals surface area contributed by atoms with E-state index in [0.29, 0.717) is 0 Å². The zero-order chi connectivity index (χ0) is 13.7. The molecule has 0 atom stereocenters. The Labute approximate surface area is 101 Å². The van der Waals surface area contributed by atoms with E-state index in [1.54, 1.807) is 0 Å². The maximum Gasteiger partial charge on any atom is 0.277 e. The van der Waals surface area contributed by atoms with E-state index in [4.69, 9.17) is 10.5 Å². The van der Waals surface area contributed by atoms with Crippen LogP contribution in [0.15, 0.2) is 17.2 Å². The average molecular weight is 247 g/mol. The third-order valence-electron chi connectivity index (χ3n) is 2.04. The Morgan fingerprint density at radius 1 is 1.50 bits per heavy atom. The zero-order valence-electron chi connectivity index (χ0n) is 9.14. The van der Waals surface area contributed by atoms with Crippen LogP contribution >= 0.6 is 0 Å². The van der Waals surface area contributed by atoms with Crippen LogP contribution in [0.4, 0.5) is 15.8 Å². The van der Waals surface area contributed by atoms with E-state index in [-0.39, 0.29) is 11.3 Å². The Morgan fingerprint density at radius 3 is 2.61 bits per heavy atom. The number of nitro benzene ring substituents is 1. The first kappa shape index (κ1) is 13.1. The van der Waals surface area contributed by atoms with Crippen molar-refractivity contribution in [3.63, 3.8) is 0 Å². The van der Waals surface area contributed by atoms with Gasteiger partial charge in [-0.3, -0.25) is 15.5 Å². The van der Waals surface area contributed by atoms with Crippen LogP contribution in [0.25, 0.3) is 0 Å². The van der Waals surface area contributed by atoms with Crippen molar-refractivity contribution in [1.29, 1.82) is 10.5 Å². The molecule has 1 aromatic rings. The summed E-state index contributed by atoms with van der Waals surface area (Å²) in [5.74, 6) is -0.819. The van der Waals surface area contributed by atoms with Crippen molar-refractivity contribution in [2.75, 3.05) is 5.43 Å². The highest BCUT2D eigenvalue weighted by Crippen LogP contribution is 2.27. The van der Waals surface area contributed by atoms with E-state index >= 15 is 0 Å². The molecule has 0 fully saturated rings. The number of anilines is 1. The molecule has 0 saturated heterocycles. The van der Waals surface area contributed by atoms with Crippen molar-refractivity contribution in [3.8, 4) is 12.1 Å². The number of benzene rings is 1. The van der Waals surface area contributed by atoms with Gasteiger partial charge in [-0.2, -0.15) is 15.6 Å². The summed E-state index contributed by atoms with van der Waals surface area (Å²) in [7, 11) is 0. The highest BCUT2D eigenvalue weighted by molar-refractivity contribution is 6.10. The summed E-state index contributed by atoms with van der Waals surface area (Å²) in [6.07, 6.45) is 0. The van der Waals surface area contributed by atoms with Crippen LogP contribution in [0.3, 0.4) is 0 Å². The van der Waals surface area contributed by atoms with Gasteiger partial charge in [0.15, 0.2) is 0 Å². The zero-order valence-corrected chi connectivity index (χ0v) is 9.14. The number of nitrogens with one attached hydrogen (secondary N) is 1. The van der Waals surface area contributed by atoms with E-state index in [1.165, 1.54) is 19.1 Å². The second-order valence-electron chi connectivity index (χ2n) is 3.15. The molecule has 0 radical (unpaired) electrons. The van der Waals surface area contributed by atoms with Gasteiger partial charge in [-0.1, -0.05) is 0 Å². The summed E-state index contributed by atoms with van der Waals surface area (Å²) in [6, 6.07) is 4.75. The molecule has 0 heterocycles. The number of rotatable bonds is 3. The van der Waals surface area contributed by atoms with Gasteiger partial charge in [0.05, 0.1) is 22.2 Å². The largest absolute Gasteiger partial charge is 0.277 e. The fraction of sp³-hybridized carbons (Fsp3) is 0.100. The van der Waals surface area contributed by atoms with E-state index in [9.17, 15) is 14.5 Å². The molecule has 0 aliphatic carbocycles. The minimum absolute atomic E-state index is 0.0182. The smallest absolute Gasteiger partial charge is 0.276 e. The van der Waals surface area contributed by atoms with E-state index < -0.39 is 22.1 Å². The summed E-state index contributed by atoms with van der Waals surface area (Å²) >= 11 is 0. The molecule has 1 aromatic carbocycles. The van der Waals surface area contributed by atoms with Crippen molar-refractivity contribution in [1.82, 2.24) is 0 Å². The lowest BCUT2D eigenvalue weighted by Crippen LogP contribution is -2.01. The molecular formula is C10H6FN5O2. The molecule has 90 valence electrons. The number of hydrogen-bond donors (Lipinski definition) is 1. The predicted octanol–water partition coefficient (Wildman–Crippen LogP) is 1.86. The number of hydrazone groups is 1. The summed E-state index contributed by atoms with van der Waals surface area (Å²) < 4.78 is 13.1. The molecule has 1 N–H and O–H groups in total. The molecule has 0 amide bonds. The van der Waals surface area contributed by atoms with E-state index in [1.807, 2.05) is 0 Å². The third-order valence-corrected chi connectivity index (χ3v) is 2.04. The van der Waals surface area contributed by atoms with Crippen LogP contribution in [-0.2, 0) is 0 Å². The highest BCUT2D eigenvalue weighted by Gasteiger charge is 2.16. The summed E-state index contributed by atoms with van der Waals surface area (Å²) in [5.41, 5.74) is 1.54. The fourth-order valence-electron chi connectivity index (χ4n) is 1.16. The molecule has 7 nitrogen and oxygen atoms in total. The van der Waals surface area contributed by atoms with Crippen LogP contribution in [0, 0.1) is 45.5 Å². The van der Waals surface area contributed by atoms with Crippen LogP contribution in [0.1, 0.15) is 5.56 Å². The van der Waals surface area contributed by atoms with Gasteiger partial charge in [0.2, 0.25) is 5.71 Å². The van der Waals surface area contributed by atoms with E-state index in [0.717, 1.165) is 12.1 Å². The second-order valence-corrected chi connectivity index (χ2v) is 3.15. The molecule has 0 aliphatic rings. The lowest BCUT2D eigenvalue weighted by Gasteiger charge is -2.05. The quantitative estimate of drug-likeness (QED) is 0.497. The molecule has 8 heteroatoms. The molecule has 0 spiro atoms. The molecule has 1 rings (SSSR count). The summed E-state index contributed by atoms with van der Waals surface area (Å²) in [6.45, 7) is 1.40. The van der Waals surface area contributed by atoms with Gasteiger partial charge in [0.1, 0.15) is 18.0 Å². The Balaban J connectivity index is 3.20. The van der Waals surface area contributed by atoms with Crippen LogP contribution in [-0.4, -0.2) is 10.6 Å². The number of nitriles is 2. The van der Waals surface area contributed by atoms with Crippen molar-refractivity contribution < 1.29 is 9.31 Å². The first-order chi connectivity index (χ1) is 8.49. The van der Waals surface area contributed by atoms with Gasteiger partial charge in [-0.25, -0.2) is 4.39 Å². The van der Waals surface area contributed by atoms with Crippen LogP contribution in [0.5, 0.6) is 0 Å². The van der Waals surface area contributed by atoms with Crippen molar-refractivity contribution in [2.45, 2.75) is 6.92 Å². The van der Waals surface area contributed by atoms with Gasteiger partial charge in [0.25, 0.3) is 5.69 Å². The minimum atomic E-state index is -0.819. The summed E-state index contributed by atoms with van der Waals surface area (Å²) in [5, 5.41) is 30.9. The van der Waals surface area contributed by atoms with Crippen LogP contribution in [0.2, 0.25) is 0 Å². The number of nitro groups is 1. The first-order valence-electron chi connectivity index (χ1n) is 4.58. The van der Waals surface area contributed by atoms with E-state index in [2.05, 4.69) is 10.5 Å². The molecule has 18 heavy (non-hydrogen) atoms. The topological polar surface area (TPSA) is 115 Å². The Bertz CT molecular complexity index is 596.